The molecule has 7 heteroatoms. The van der Waals surface area contributed by atoms with Gasteiger partial charge in [0, 0.05) is 45.3 Å². The van der Waals surface area contributed by atoms with Crippen molar-refractivity contribution in [2.75, 3.05) is 19.6 Å². The molecule has 0 radical (unpaired) electrons. The first kappa shape index (κ1) is 14.0. The molecule has 0 aliphatic carbocycles. The molecule has 1 saturated heterocycles. The number of hydrogen-bond donors (Lipinski definition) is 1. The van der Waals surface area contributed by atoms with Crippen molar-refractivity contribution < 1.29 is 4.79 Å². The zero-order valence-electron chi connectivity index (χ0n) is 12.9. The number of aryl methyl sites for hydroxylation is 1. The molecule has 4 heterocycles. The number of carbonyl (C=O) groups is 1. The van der Waals surface area contributed by atoms with Crippen LogP contribution in [0.4, 0.5) is 0 Å². The van der Waals surface area contributed by atoms with E-state index in [1.807, 2.05) is 47.1 Å². The molecule has 3 aromatic heterocycles. The third-order valence-electron chi connectivity index (χ3n) is 4.32. The Hall–Kier alpha value is -2.67. The number of nitrogens with one attached hydrogen (secondary N) is 1. The van der Waals surface area contributed by atoms with Crippen LogP contribution in [0.2, 0.25) is 0 Å². The lowest BCUT2D eigenvalue weighted by Gasteiger charge is -2.35. The summed E-state index contributed by atoms with van der Waals surface area (Å²) >= 11 is 0. The number of imidazole rings is 1. The van der Waals surface area contributed by atoms with Crippen molar-refractivity contribution in [1.29, 1.82) is 0 Å². The van der Waals surface area contributed by atoms with Gasteiger partial charge in [-0.1, -0.05) is 6.07 Å². The number of fused-ring (bicyclic) bond motifs is 1. The molecule has 4 rings (SSSR count). The van der Waals surface area contributed by atoms with Crippen molar-refractivity contribution in [2.24, 2.45) is 7.05 Å². The Kier molecular flexibility index (Phi) is 3.34. The summed E-state index contributed by atoms with van der Waals surface area (Å²) in [5, 5.41) is 7.62. The first-order chi connectivity index (χ1) is 11.3. The molecule has 1 aliphatic heterocycles. The quantitative estimate of drug-likeness (QED) is 0.762. The SMILES string of the molecule is Cn1ccnc1C1CNCCN1C(=O)c1cnn2ccccc12. The molecule has 0 spiro atoms. The molecule has 118 valence electrons. The Balaban J connectivity index is 1.72. The zero-order valence-corrected chi connectivity index (χ0v) is 12.9. The summed E-state index contributed by atoms with van der Waals surface area (Å²) in [6, 6.07) is 5.66. The van der Waals surface area contributed by atoms with Crippen LogP contribution in [0.1, 0.15) is 22.2 Å². The lowest BCUT2D eigenvalue weighted by atomic mass is 10.1. The number of rotatable bonds is 2. The second-order valence-electron chi connectivity index (χ2n) is 5.70. The van der Waals surface area contributed by atoms with Gasteiger partial charge in [0.2, 0.25) is 0 Å². The molecule has 7 nitrogen and oxygen atoms in total. The van der Waals surface area contributed by atoms with E-state index in [1.54, 1.807) is 16.9 Å². The first-order valence-electron chi connectivity index (χ1n) is 7.67. The van der Waals surface area contributed by atoms with Crippen LogP contribution in [0.3, 0.4) is 0 Å². The minimum absolute atomic E-state index is 0.000648. The van der Waals surface area contributed by atoms with Crippen LogP contribution < -0.4 is 5.32 Å². The number of piperazine rings is 1. The van der Waals surface area contributed by atoms with Gasteiger partial charge in [-0.15, -0.1) is 0 Å². The monoisotopic (exact) mass is 310 g/mol. The second-order valence-corrected chi connectivity index (χ2v) is 5.70. The molecule has 0 saturated carbocycles. The van der Waals surface area contributed by atoms with Crippen LogP contribution >= 0.6 is 0 Å². The highest BCUT2D eigenvalue weighted by Gasteiger charge is 2.32. The smallest absolute Gasteiger partial charge is 0.258 e. The molecule has 1 aliphatic rings. The van der Waals surface area contributed by atoms with E-state index in [2.05, 4.69) is 15.4 Å². The van der Waals surface area contributed by atoms with Gasteiger partial charge >= 0.3 is 0 Å². The average Bonchev–Trinajstić information content (AvgIpc) is 3.20. The normalized spacial score (nSPS) is 18.5. The second kappa shape index (κ2) is 5.51. The van der Waals surface area contributed by atoms with Gasteiger partial charge in [-0.25, -0.2) is 9.50 Å². The fraction of sp³-hybridized carbons (Fsp3) is 0.312. The Morgan fingerprint density at radius 2 is 2.26 bits per heavy atom. The average molecular weight is 310 g/mol. The number of carbonyl (C=O) groups excluding carboxylic acids is 1. The van der Waals surface area contributed by atoms with Gasteiger partial charge in [0.1, 0.15) is 11.9 Å². The lowest BCUT2D eigenvalue weighted by molar-refractivity contribution is 0.0623. The minimum atomic E-state index is -0.0742. The molecule has 23 heavy (non-hydrogen) atoms. The Morgan fingerprint density at radius 3 is 3.09 bits per heavy atom. The number of amides is 1. The Bertz CT molecular complexity index is 851. The van der Waals surface area contributed by atoms with Crippen LogP contribution in [-0.2, 0) is 7.05 Å². The predicted octanol–water partition coefficient (Wildman–Crippen LogP) is 0.855. The molecule has 1 N–H and O–H groups in total. The van der Waals surface area contributed by atoms with Crippen molar-refractivity contribution in [3.63, 3.8) is 0 Å². The summed E-state index contributed by atoms with van der Waals surface area (Å²) in [4.78, 5) is 19.4. The third kappa shape index (κ3) is 2.29. The van der Waals surface area contributed by atoms with E-state index >= 15 is 0 Å². The minimum Gasteiger partial charge on any atom is -0.336 e. The topological polar surface area (TPSA) is 67.5 Å². The van der Waals surface area contributed by atoms with E-state index in [1.165, 1.54) is 0 Å². The highest BCUT2D eigenvalue weighted by atomic mass is 16.2. The van der Waals surface area contributed by atoms with Gasteiger partial charge in [-0.3, -0.25) is 4.79 Å². The summed E-state index contributed by atoms with van der Waals surface area (Å²) in [6.07, 6.45) is 7.17. The predicted molar refractivity (Wildman–Crippen MR) is 85.0 cm³/mol. The van der Waals surface area contributed by atoms with Crippen LogP contribution in [0.15, 0.2) is 43.0 Å². The highest BCUT2D eigenvalue weighted by molar-refractivity contribution is 6.00. The van der Waals surface area contributed by atoms with Crippen molar-refractivity contribution in [3.8, 4) is 0 Å². The van der Waals surface area contributed by atoms with Crippen LogP contribution in [0, 0.1) is 0 Å². The fourth-order valence-corrected chi connectivity index (χ4v) is 3.13. The molecule has 0 bridgehead atoms. The number of nitrogens with zero attached hydrogens (tertiary/aromatic N) is 5. The maximum Gasteiger partial charge on any atom is 0.258 e. The van der Waals surface area contributed by atoms with Crippen LogP contribution in [-0.4, -0.2) is 49.6 Å². The largest absolute Gasteiger partial charge is 0.336 e. The number of hydrogen-bond acceptors (Lipinski definition) is 4. The molecular formula is C16H18N6O. The maximum atomic E-state index is 13.1. The summed E-state index contributed by atoms with van der Waals surface area (Å²) in [5.74, 6) is 0.891. The zero-order chi connectivity index (χ0) is 15.8. The molecule has 1 atom stereocenters. The van der Waals surface area contributed by atoms with Gasteiger partial charge < -0.3 is 14.8 Å². The fourth-order valence-electron chi connectivity index (χ4n) is 3.13. The standard InChI is InChI=1S/C16H18N6O/c1-20-8-6-18-15(20)14-11-17-5-9-21(14)16(23)12-10-19-22-7-3-2-4-13(12)22/h2-4,6-8,10,14,17H,5,9,11H2,1H3. The lowest BCUT2D eigenvalue weighted by Crippen LogP contribution is -2.49. The van der Waals surface area contributed by atoms with Crippen LogP contribution in [0.5, 0.6) is 0 Å². The third-order valence-corrected chi connectivity index (χ3v) is 4.32. The molecular weight excluding hydrogens is 292 g/mol. The van der Waals surface area contributed by atoms with Crippen LogP contribution in [0.25, 0.3) is 5.52 Å². The summed E-state index contributed by atoms with van der Waals surface area (Å²) in [6.45, 7) is 2.14. The molecule has 1 unspecified atom stereocenters. The van der Waals surface area contributed by atoms with E-state index in [0.717, 1.165) is 17.9 Å². The van der Waals surface area contributed by atoms with Gasteiger partial charge in [0.25, 0.3) is 5.91 Å². The Labute approximate surface area is 133 Å². The highest BCUT2D eigenvalue weighted by Crippen LogP contribution is 2.24. The summed E-state index contributed by atoms with van der Waals surface area (Å²) in [7, 11) is 1.95. The molecule has 0 aromatic carbocycles. The van der Waals surface area contributed by atoms with Crippen molar-refractivity contribution in [2.45, 2.75) is 6.04 Å². The van der Waals surface area contributed by atoms with Gasteiger partial charge in [-0.05, 0) is 12.1 Å². The van der Waals surface area contributed by atoms with Crippen molar-refractivity contribution >= 4 is 11.4 Å². The van der Waals surface area contributed by atoms with Crippen molar-refractivity contribution in [3.05, 3.63) is 54.4 Å². The molecule has 3 aromatic rings. The first-order valence-corrected chi connectivity index (χ1v) is 7.67. The summed E-state index contributed by atoms with van der Waals surface area (Å²) < 4.78 is 3.69. The van der Waals surface area contributed by atoms with E-state index < -0.39 is 0 Å². The number of aromatic nitrogens is 4. The maximum absolute atomic E-state index is 13.1. The van der Waals surface area contributed by atoms with Crippen molar-refractivity contribution in [1.82, 2.24) is 29.4 Å². The van der Waals surface area contributed by atoms with E-state index in [0.29, 0.717) is 18.7 Å². The molecule has 1 amide bonds. The Morgan fingerprint density at radius 1 is 1.35 bits per heavy atom. The van der Waals surface area contributed by atoms with Gasteiger partial charge in [0.05, 0.1) is 17.3 Å². The molecule has 1 fully saturated rings. The van der Waals surface area contributed by atoms with Gasteiger partial charge in [-0.2, -0.15) is 5.10 Å². The number of pyridine rings is 1. The van der Waals surface area contributed by atoms with E-state index in [9.17, 15) is 4.79 Å². The summed E-state index contributed by atoms with van der Waals surface area (Å²) in [5.41, 5.74) is 1.46. The van der Waals surface area contributed by atoms with E-state index in [4.69, 9.17) is 0 Å². The van der Waals surface area contributed by atoms with Gasteiger partial charge in [0.15, 0.2) is 0 Å². The van der Waals surface area contributed by atoms with E-state index in [-0.39, 0.29) is 11.9 Å².